The molecular weight excluding hydrogens is 236 g/mol. The van der Waals surface area contributed by atoms with E-state index in [1.54, 1.807) is 0 Å². The van der Waals surface area contributed by atoms with Crippen LogP contribution in [0.2, 0.25) is 0 Å². The predicted molar refractivity (Wildman–Crippen MR) is 78.5 cm³/mol. The van der Waals surface area contributed by atoms with Crippen molar-refractivity contribution in [2.75, 3.05) is 17.3 Å². The first-order valence-electron chi connectivity index (χ1n) is 5.20. The minimum atomic E-state index is 0.408. The zero-order valence-electron chi connectivity index (χ0n) is 9.91. The van der Waals surface area contributed by atoms with Crippen LogP contribution in [0.1, 0.15) is 18.1 Å². The van der Waals surface area contributed by atoms with Crippen molar-refractivity contribution in [1.82, 2.24) is 0 Å². The van der Waals surface area contributed by atoms with Crippen LogP contribution in [0.25, 0.3) is 0 Å². The SMILES string of the molecule is CSCC(C)Nc1ccc(C)cc1C(N)=S. The summed E-state index contributed by atoms with van der Waals surface area (Å²) in [6, 6.07) is 6.54. The van der Waals surface area contributed by atoms with E-state index in [-0.39, 0.29) is 0 Å². The van der Waals surface area contributed by atoms with Crippen LogP contribution in [0.4, 0.5) is 5.69 Å². The molecule has 0 aliphatic heterocycles. The van der Waals surface area contributed by atoms with Crippen LogP contribution in [-0.2, 0) is 0 Å². The van der Waals surface area contributed by atoms with Crippen LogP contribution < -0.4 is 11.1 Å². The molecule has 0 heterocycles. The highest BCUT2D eigenvalue weighted by atomic mass is 32.2. The van der Waals surface area contributed by atoms with E-state index >= 15 is 0 Å². The summed E-state index contributed by atoms with van der Waals surface area (Å²) in [7, 11) is 0. The Bertz CT molecular complexity index is 377. The van der Waals surface area contributed by atoms with Crippen molar-refractivity contribution in [3.8, 4) is 0 Å². The van der Waals surface area contributed by atoms with Gasteiger partial charge in [0.1, 0.15) is 4.99 Å². The molecule has 3 N–H and O–H groups in total. The first kappa shape index (κ1) is 13.3. The highest BCUT2D eigenvalue weighted by molar-refractivity contribution is 7.98. The van der Waals surface area contributed by atoms with E-state index in [1.165, 1.54) is 5.56 Å². The van der Waals surface area contributed by atoms with E-state index < -0.39 is 0 Å². The van der Waals surface area contributed by atoms with Gasteiger partial charge in [-0.2, -0.15) is 11.8 Å². The molecule has 0 aromatic heterocycles. The molecule has 0 aliphatic rings. The lowest BCUT2D eigenvalue weighted by Gasteiger charge is -2.17. The van der Waals surface area contributed by atoms with Gasteiger partial charge >= 0.3 is 0 Å². The van der Waals surface area contributed by atoms with Gasteiger partial charge in [0.2, 0.25) is 0 Å². The molecule has 1 aromatic carbocycles. The average Bonchev–Trinajstić information content (AvgIpc) is 2.20. The molecular formula is C12H18N2S2. The fourth-order valence-corrected chi connectivity index (χ4v) is 2.30. The number of nitrogens with one attached hydrogen (secondary N) is 1. The van der Waals surface area contributed by atoms with Gasteiger partial charge < -0.3 is 11.1 Å². The fraction of sp³-hybridized carbons (Fsp3) is 0.417. The maximum atomic E-state index is 5.72. The lowest BCUT2D eigenvalue weighted by Crippen LogP contribution is -2.21. The zero-order chi connectivity index (χ0) is 12.1. The minimum Gasteiger partial charge on any atom is -0.389 e. The molecule has 16 heavy (non-hydrogen) atoms. The lowest BCUT2D eigenvalue weighted by atomic mass is 10.1. The number of nitrogens with two attached hydrogens (primary N) is 1. The van der Waals surface area contributed by atoms with E-state index in [1.807, 2.05) is 30.8 Å². The second kappa shape index (κ2) is 6.11. The van der Waals surface area contributed by atoms with Gasteiger partial charge in [0, 0.05) is 23.0 Å². The van der Waals surface area contributed by atoms with Crippen LogP contribution in [0.5, 0.6) is 0 Å². The summed E-state index contributed by atoms with van der Waals surface area (Å²) in [5, 5.41) is 3.43. The molecule has 0 radical (unpaired) electrons. The van der Waals surface area contributed by atoms with Gasteiger partial charge in [-0.05, 0) is 32.2 Å². The highest BCUT2D eigenvalue weighted by Crippen LogP contribution is 2.18. The third-order valence-corrected chi connectivity index (χ3v) is 3.31. The smallest absolute Gasteiger partial charge is 0.106 e. The lowest BCUT2D eigenvalue weighted by molar-refractivity contribution is 0.914. The molecule has 88 valence electrons. The zero-order valence-corrected chi connectivity index (χ0v) is 11.5. The molecule has 0 saturated heterocycles. The Morgan fingerprint density at radius 2 is 2.25 bits per heavy atom. The van der Waals surface area contributed by atoms with Gasteiger partial charge in [0.15, 0.2) is 0 Å². The maximum absolute atomic E-state index is 5.72. The summed E-state index contributed by atoms with van der Waals surface area (Å²) in [6.45, 7) is 4.19. The molecule has 1 aromatic rings. The molecule has 1 rings (SSSR count). The van der Waals surface area contributed by atoms with Crippen molar-refractivity contribution >= 4 is 34.7 Å². The summed E-state index contributed by atoms with van der Waals surface area (Å²) >= 11 is 6.88. The molecule has 1 unspecified atom stereocenters. The van der Waals surface area contributed by atoms with Gasteiger partial charge in [0.25, 0.3) is 0 Å². The second-order valence-electron chi connectivity index (χ2n) is 3.91. The van der Waals surface area contributed by atoms with E-state index in [0.29, 0.717) is 11.0 Å². The first-order valence-corrected chi connectivity index (χ1v) is 7.00. The van der Waals surface area contributed by atoms with Gasteiger partial charge in [-0.1, -0.05) is 23.8 Å². The number of anilines is 1. The molecule has 0 bridgehead atoms. The quantitative estimate of drug-likeness (QED) is 0.793. The van der Waals surface area contributed by atoms with Gasteiger partial charge in [0.05, 0.1) is 0 Å². The topological polar surface area (TPSA) is 38.0 Å². The van der Waals surface area contributed by atoms with E-state index in [0.717, 1.165) is 17.0 Å². The Morgan fingerprint density at radius 1 is 1.56 bits per heavy atom. The first-order chi connectivity index (χ1) is 7.54. The number of rotatable bonds is 5. The molecule has 2 nitrogen and oxygen atoms in total. The minimum absolute atomic E-state index is 0.408. The molecule has 0 saturated carbocycles. The molecule has 0 aliphatic carbocycles. The predicted octanol–water partition coefficient (Wildman–Crippen LogP) is 2.79. The molecule has 1 atom stereocenters. The van der Waals surface area contributed by atoms with E-state index in [9.17, 15) is 0 Å². The van der Waals surface area contributed by atoms with Crippen molar-refractivity contribution in [2.24, 2.45) is 5.73 Å². The maximum Gasteiger partial charge on any atom is 0.106 e. The molecule has 4 heteroatoms. The summed E-state index contributed by atoms with van der Waals surface area (Å²) in [5.41, 5.74) is 8.85. The Kier molecular flexibility index (Phi) is 5.09. The monoisotopic (exact) mass is 254 g/mol. The Balaban J connectivity index is 2.90. The van der Waals surface area contributed by atoms with Crippen molar-refractivity contribution in [3.05, 3.63) is 29.3 Å². The molecule has 0 amide bonds. The third-order valence-electron chi connectivity index (χ3n) is 2.26. The van der Waals surface area contributed by atoms with Crippen molar-refractivity contribution in [2.45, 2.75) is 19.9 Å². The number of benzene rings is 1. The van der Waals surface area contributed by atoms with Gasteiger partial charge in [-0.3, -0.25) is 0 Å². The van der Waals surface area contributed by atoms with Crippen LogP contribution in [0, 0.1) is 6.92 Å². The number of hydrogen-bond acceptors (Lipinski definition) is 3. The van der Waals surface area contributed by atoms with Crippen LogP contribution in [0.15, 0.2) is 18.2 Å². The average molecular weight is 254 g/mol. The van der Waals surface area contributed by atoms with Gasteiger partial charge in [-0.15, -0.1) is 0 Å². The van der Waals surface area contributed by atoms with Crippen LogP contribution >= 0.6 is 24.0 Å². The highest BCUT2D eigenvalue weighted by Gasteiger charge is 2.08. The molecule has 0 spiro atoms. The molecule has 0 fully saturated rings. The summed E-state index contributed by atoms with van der Waals surface area (Å²) < 4.78 is 0. The van der Waals surface area contributed by atoms with Crippen LogP contribution in [0.3, 0.4) is 0 Å². The fourth-order valence-electron chi connectivity index (χ4n) is 1.54. The van der Waals surface area contributed by atoms with E-state index in [2.05, 4.69) is 24.6 Å². The largest absolute Gasteiger partial charge is 0.389 e. The third kappa shape index (κ3) is 3.68. The summed E-state index contributed by atoms with van der Waals surface area (Å²) in [5.74, 6) is 1.06. The van der Waals surface area contributed by atoms with Crippen molar-refractivity contribution in [3.63, 3.8) is 0 Å². The second-order valence-corrected chi connectivity index (χ2v) is 5.26. The van der Waals surface area contributed by atoms with Crippen LogP contribution in [-0.4, -0.2) is 23.0 Å². The van der Waals surface area contributed by atoms with E-state index in [4.69, 9.17) is 18.0 Å². The number of thioether (sulfide) groups is 1. The number of thiocarbonyl (C=S) groups is 1. The Morgan fingerprint density at radius 3 is 2.81 bits per heavy atom. The summed E-state index contributed by atoms with van der Waals surface area (Å²) in [4.78, 5) is 0.447. The Labute approximate surface area is 107 Å². The standard InChI is InChI=1S/C12H18N2S2/c1-8-4-5-11(10(6-8)12(13)15)14-9(2)7-16-3/h4-6,9,14H,7H2,1-3H3,(H2,13,15). The normalized spacial score (nSPS) is 12.2. The number of aryl methyl sites for hydroxylation is 1. The van der Waals surface area contributed by atoms with Crippen molar-refractivity contribution < 1.29 is 0 Å². The summed E-state index contributed by atoms with van der Waals surface area (Å²) in [6.07, 6.45) is 2.10. The van der Waals surface area contributed by atoms with Gasteiger partial charge in [-0.25, -0.2) is 0 Å². The Hall–Kier alpha value is -0.740. The van der Waals surface area contributed by atoms with Crippen molar-refractivity contribution in [1.29, 1.82) is 0 Å². The number of hydrogen-bond donors (Lipinski definition) is 2.